The molecule has 1 unspecified atom stereocenters. The van der Waals surface area contributed by atoms with Crippen LogP contribution in [-0.2, 0) is 0 Å². The molecule has 3 aromatic carbocycles. The van der Waals surface area contributed by atoms with E-state index in [-0.39, 0.29) is 6.04 Å². The van der Waals surface area contributed by atoms with Gasteiger partial charge >= 0.3 is 0 Å². The van der Waals surface area contributed by atoms with Crippen LogP contribution in [0.2, 0.25) is 0 Å². The summed E-state index contributed by atoms with van der Waals surface area (Å²) in [5, 5.41) is 10.2. The Kier molecular flexibility index (Phi) is 7.24. The van der Waals surface area contributed by atoms with E-state index in [2.05, 4.69) is 99.1 Å². The van der Waals surface area contributed by atoms with Gasteiger partial charge in [0.2, 0.25) is 0 Å². The molecule has 1 heterocycles. The van der Waals surface area contributed by atoms with Crippen molar-refractivity contribution >= 4 is 27.8 Å². The smallest absolute Gasteiger partial charge is 0.116 e. The van der Waals surface area contributed by atoms with Gasteiger partial charge in [-0.05, 0) is 52.5 Å². The molecule has 0 amide bonds. The number of para-hydroxylation sites is 1. The van der Waals surface area contributed by atoms with Crippen LogP contribution in [-0.4, -0.2) is 4.98 Å². The van der Waals surface area contributed by atoms with Crippen LogP contribution in [0.5, 0.6) is 0 Å². The lowest BCUT2D eigenvalue weighted by Crippen LogP contribution is -2.24. The second-order valence-corrected chi connectivity index (χ2v) is 11.6. The molecule has 182 valence electrons. The van der Waals surface area contributed by atoms with E-state index in [9.17, 15) is 0 Å². The fourth-order valence-electron chi connectivity index (χ4n) is 5.72. The van der Waals surface area contributed by atoms with Gasteiger partial charge < -0.3 is 5.32 Å². The molecule has 1 N–H and O–H groups in total. The molecule has 0 bridgehead atoms. The molecule has 2 nitrogen and oxygen atoms in total. The topological polar surface area (TPSA) is 24.9 Å². The standard InChI is InChI=1S/C32H38N2S/c1-21(2)25-17-11-18-26(22(3)4)31(25)34-30(24-13-6-5-7-14-24)32-33-29(20-35-32)28-19-10-15-23-12-8-9-16-27(23)28/h8-12,15-22,24,30,34H,5-7,13-14H2,1-4H3. The van der Waals surface area contributed by atoms with Crippen molar-refractivity contribution in [3.05, 3.63) is 82.2 Å². The summed E-state index contributed by atoms with van der Waals surface area (Å²) in [6.45, 7) is 9.23. The first-order valence-corrected chi connectivity index (χ1v) is 14.2. The van der Waals surface area contributed by atoms with Crippen molar-refractivity contribution in [1.82, 2.24) is 4.98 Å². The van der Waals surface area contributed by atoms with E-state index in [4.69, 9.17) is 4.98 Å². The lowest BCUT2D eigenvalue weighted by molar-refractivity contribution is 0.320. The predicted octanol–water partition coefficient (Wildman–Crippen LogP) is 9.94. The van der Waals surface area contributed by atoms with Gasteiger partial charge in [-0.15, -0.1) is 11.3 Å². The van der Waals surface area contributed by atoms with Crippen molar-refractivity contribution in [2.45, 2.75) is 77.7 Å². The Labute approximate surface area is 214 Å². The van der Waals surface area contributed by atoms with Crippen molar-refractivity contribution < 1.29 is 0 Å². The van der Waals surface area contributed by atoms with Crippen LogP contribution >= 0.6 is 11.3 Å². The van der Waals surface area contributed by atoms with Crippen LogP contribution in [0.25, 0.3) is 22.0 Å². The maximum absolute atomic E-state index is 5.31. The first kappa shape index (κ1) is 24.1. The number of hydrogen-bond donors (Lipinski definition) is 1. The Balaban J connectivity index is 1.57. The van der Waals surface area contributed by atoms with Crippen LogP contribution in [0.15, 0.2) is 66.0 Å². The SMILES string of the molecule is CC(C)c1cccc(C(C)C)c1NC(c1nc(-c2cccc3ccccc23)cs1)C1CCCCC1. The summed E-state index contributed by atoms with van der Waals surface area (Å²) in [7, 11) is 0. The third kappa shape index (κ3) is 5.02. The number of nitrogens with one attached hydrogen (secondary N) is 1. The van der Waals surface area contributed by atoms with Gasteiger partial charge in [0, 0.05) is 16.6 Å². The predicted molar refractivity (Wildman–Crippen MR) is 153 cm³/mol. The number of anilines is 1. The second-order valence-electron chi connectivity index (χ2n) is 10.7. The third-order valence-electron chi connectivity index (χ3n) is 7.65. The normalized spacial score (nSPS) is 15.7. The molecule has 0 radical (unpaired) electrons. The summed E-state index contributed by atoms with van der Waals surface area (Å²) in [5.41, 5.74) is 6.52. The number of hydrogen-bond acceptors (Lipinski definition) is 3. The lowest BCUT2D eigenvalue weighted by Gasteiger charge is -2.33. The molecule has 1 aromatic heterocycles. The summed E-state index contributed by atoms with van der Waals surface area (Å²) in [6, 6.07) is 22.3. The molecule has 1 aliphatic rings. The molecule has 4 aromatic rings. The molecule has 35 heavy (non-hydrogen) atoms. The summed E-state index contributed by atoms with van der Waals surface area (Å²) in [4.78, 5) is 5.31. The molecule has 0 saturated heterocycles. The van der Waals surface area contributed by atoms with Gasteiger partial charge in [0.15, 0.2) is 0 Å². The van der Waals surface area contributed by atoms with Gasteiger partial charge in [-0.1, -0.05) is 108 Å². The number of aromatic nitrogens is 1. The van der Waals surface area contributed by atoms with Gasteiger partial charge in [0.25, 0.3) is 0 Å². The van der Waals surface area contributed by atoms with E-state index in [1.54, 1.807) is 0 Å². The zero-order chi connectivity index (χ0) is 24.4. The monoisotopic (exact) mass is 482 g/mol. The largest absolute Gasteiger partial charge is 0.375 e. The van der Waals surface area contributed by atoms with Crippen LogP contribution in [0.1, 0.15) is 93.8 Å². The van der Waals surface area contributed by atoms with Crippen LogP contribution in [0, 0.1) is 5.92 Å². The molecule has 1 atom stereocenters. The fourth-order valence-corrected chi connectivity index (χ4v) is 6.69. The number of benzene rings is 3. The van der Waals surface area contributed by atoms with E-state index in [0.29, 0.717) is 17.8 Å². The third-order valence-corrected chi connectivity index (χ3v) is 8.58. The van der Waals surface area contributed by atoms with Crippen molar-refractivity contribution in [2.75, 3.05) is 5.32 Å². The molecular formula is C32H38N2S. The van der Waals surface area contributed by atoms with Crippen molar-refractivity contribution in [3.63, 3.8) is 0 Å². The minimum absolute atomic E-state index is 0.251. The quantitative estimate of drug-likeness (QED) is 0.283. The van der Waals surface area contributed by atoms with Crippen molar-refractivity contribution in [3.8, 4) is 11.3 Å². The Hall–Kier alpha value is -2.65. The van der Waals surface area contributed by atoms with E-state index < -0.39 is 0 Å². The first-order chi connectivity index (χ1) is 17.0. The van der Waals surface area contributed by atoms with Crippen LogP contribution in [0.3, 0.4) is 0 Å². The minimum Gasteiger partial charge on any atom is -0.375 e. The summed E-state index contributed by atoms with van der Waals surface area (Å²) in [6.07, 6.45) is 6.58. The zero-order valence-corrected chi connectivity index (χ0v) is 22.4. The molecule has 0 spiro atoms. The molecule has 1 fully saturated rings. The van der Waals surface area contributed by atoms with Gasteiger partial charge in [0.05, 0.1) is 11.7 Å². The Morgan fingerprint density at radius 2 is 1.46 bits per heavy atom. The summed E-state index contributed by atoms with van der Waals surface area (Å²) < 4.78 is 0. The molecule has 1 saturated carbocycles. The van der Waals surface area contributed by atoms with E-state index in [1.807, 2.05) is 11.3 Å². The van der Waals surface area contributed by atoms with Gasteiger partial charge in [-0.3, -0.25) is 0 Å². The molecule has 5 rings (SSSR count). The van der Waals surface area contributed by atoms with Crippen LogP contribution in [0.4, 0.5) is 5.69 Å². The molecular weight excluding hydrogens is 444 g/mol. The van der Waals surface area contributed by atoms with Crippen LogP contribution < -0.4 is 5.32 Å². The molecule has 0 aliphatic heterocycles. The highest BCUT2D eigenvalue weighted by atomic mass is 32.1. The maximum atomic E-state index is 5.31. The van der Waals surface area contributed by atoms with Crippen molar-refractivity contribution in [2.24, 2.45) is 5.92 Å². The highest BCUT2D eigenvalue weighted by Gasteiger charge is 2.29. The lowest BCUT2D eigenvalue weighted by atomic mass is 9.83. The average molecular weight is 483 g/mol. The fraction of sp³-hybridized carbons (Fsp3) is 0.406. The Morgan fingerprint density at radius 1 is 0.800 bits per heavy atom. The van der Waals surface area contributed by atoms with Gasteiger partial charge in [0.1, 0.15) is 5.01 Å². The first-order valence-electron chi connectivity index (χ1n) is 13.4. The molecule has 3 heteroatoms. The average Bonchev–Trinajstić information content (AvgIpc) is 3.37. The number of rotatable bonds is 7. The Bertz CT molecular complexity index is 1250. The van der Waals surface area contributed by atoms with Crippen molar-refractivity contribution in [1.29, 1.82) is 0 Å². The van der Waals surface area contributed by atoms with E-state index in [0.717, 1.165) is 5.69 Å². The maximum Gasteiger partial charge on any atom is 0.116 e. The number of fused-ring (bicyclic) bond motifs is 1. The zero-order valence-electron chi connectivity index (χ0n) is 21.6. The summed E-state index contributed by atoms with van der Waals surface area (Å²) >= 11 is 1.83. The highest BCUT2D eigenvalue weighted by molar-refractivity contribution is 7.10. The van der Waals surface area contributed by atoms with Gasteiger partial charge in [-0.25, -0.2) is 4.98 Å². The second kappa shape index (κ2) is 10.5. The Morgan fingerprint density at radius 3 is 2.17 bits per heavy atom. The number of nitrogens with zero attached hydrogens (tertiary/aromatic N) is 1. The van der Waals surface area contributed by atoms with Gasteiger partial charge in [-0.2, -0.15) is 0 Å². The molecule has 1 aliphatic carbocycles. The highest BCUT2D eigenvalue weighted by Crippen LogP contribution is 2.42. The number of thiazole rings is 1. The minimum atomic E-state index is 0.251. The summed E-state index contributed by atoms with van der Waals surface area (Å²) in [5.74, 6) is 1.58. The van der Waals surface area contributed by atoms with E-state index in [1.165, 1.54) is 70.3 Å². The van der Waals surface area contributed by atoms with E-state index >= 15 is 0 Å².